The van der Waals surface area contributed by atoms with Crippen molar-refractivity contribution < 1.29 is 9.21 Å². The number of carbonyl (C=O) groups excluding carboxylic acids is 1. The first kappa shape index (κ1) is 11.8. The van der Waals surface area contributed by atoms with Crippen LogP contribution in [-0.2, 0) is 4.79 Å². The molecule has 1 aliphatic carbocycles. The van der Waals surface area contributed by atoms with E-state index in [9.17, 15) is 4.79 Å². The molecule has 102 valence electrons. The Balaban J connectivity index is 1.76. The zero-order chi connectivity index (χ0) is 13.9. The summed E-state index contributed by atoms with van der Waals surface area (Å²) in [5.41, 5.74) is 2.27. The molecule has 6 heteroatoms. The Morgan fingerprint density at radius 2 is 2.25 bits per heavy atom. The van der Waals surface area contributed by atoms with Gasteiger partial charge in [-0.25, -0.2) is 4.98 Å². The van der Waals surface area contributed by atoms with Gasteiger partial charge in [0.15, 0.2) is 16.6 Å². The van der Waals surface area contributed by atoms with Gasteiger partial charge in [0.05, 0.1) is 5.69 Å². The van der Waals surface area contributed by atoms with Crippen LogP contribution >= 0.6 is 12.2 Å². The molecule has 0 radical (unpaired) electrons. The molecule has 5 nitrogen and oxygen atoms in total. The lowest BCUT2D eigenvalue weighted by molar-refractivity contribution is -0.117. The number of hydrogen-bond acceptors (Lipinski definition) is 4. The van der Waals surface area contributed by atoms with E-state index in [0.717, 1.165) is 35.5 Å². The van der Waals surface area contributed by atoms with E-state index in [2.05, 4.69) is 10.3 Å². The number of nitrogens with zero attached hydrogens (tertiary/aromatic N) is 2. The Hall–Kier alpha value is -1.95. The third-order valence-corrected chi connectivity index (χ3v) is 4.01. The first-order valence-electron chi connectivity index (χ1n) is 6.68. The number of anilines is 1. The quantitative estimate of drug-likeness (QED) is 0.859. The van der Waals surface area contributed by atoms with Crippen molar-refractivity contribution in [2.45, 2.75) is 31.7 Å². The first-order chi connectivity index (χ1) is 9.63. The van der Waals surface area contributed by atoms with Crippen molar-refractivity contribution in [1.82, 2.24) is 10.3 Å². The van der Waals surface area contributed by atoms with Crippen LogP contribution in [0.3, 0.4) is 0 Å². The summed E-state index contributed by atoms with van der Waals surface area (Å²) in [5, 5.41) is 3.40. The average Bonchev–Trinajstić information content (AvgIpc) is 3.13. The number of oxazole rings is 1. The SMILES string of the molecule is C[C@@H]1NC(=S)N(c2ccc3oc(C4CC4)nc3c2)C1=O. The van der Waals surface area contributed by atoms with Crippen molar-refractivity contribution in [3.63, 3.8) is 0 Å². The van der Waals surface area contributed by atoms with E-state index in [1.807, 2.05) is 18.2 Å². The first-order valence-corrected chi connectivity index (χ1v) is 7.09. The Morgan fingerprint density at radius 3 is 2.90 bits per heavy atom. The van der Waals surface area contributed by atoms with Crippen molar-refractivity contribution in [3.8, 4) is 0 Å². The molecule has 1 amide bonds. The molecule has 20 heavy (non-hydrogen) atoms. The maximum atomic E-state index is 12.1. The van der Waals surface area contributed by atoms with Crippen molar-refractivity contribution in [2.24, 2.45) is 0 Å². The monoisotopic (exact) mass is 287 g/mol. The van der Waals surface area contributed by atoms with Crippen LogP contribution in [0.4, 0.5) is 5.69 Å². The van der Waals surface area contributed by atoms with Gasteiger partial charge >= 0.3 is 0 Å². The third-order valence-electron chi connectivity index (χ3n) is 3.71. The minimum absolute atomic E-state index is 0.0414. The van der Waals surface area contributed by atoms with Gasteiger partial charge in [-0.15, -0.1) is 0 Å². The van der Waals surface area contributed by atoms with E-state index in [0.29, 0.717) is 11.0 Å². The predicted molar refractivity (Wildman–Crippen MR) is 78.7 cm³/mol. The van der Waals surface area contributed by atoms with Crippen LogP contribution in [0.2, 0.25) is 0 Å². The predicted octanol–water partition coefficient (Wildman–Crippen LogP) is 2.31. The molecule has 1 saturated carbocycles. The highest BCUT2D eigenvalue weighted by Crippen LogP contribution is 2.40. The summed E-state index contributed by atoms with van der Waals surface area (Å²) in [7, 11) is 0. The number of amides is 1. The van der Waals surface area contributed by atoms with Crippen molar-refractivity contribution >= 4 is 40.0 Å². The highest BCUT2D eigenvalue weighted by Gasteiger charge is 2.34. The molecule has 2 aliphatic rings. The van der Waals surface area contributed by atoms with Gasteiger partial charge in [0.1, 0.15) is 11.6 Å². The Kier molecular flexibility index (Phi) is 2.38. The van der Waals surface area contributed by atoms with Crippen LogP contribution in [-0.4, -0.2) is 22.0 Å². The summed E-state index contributed by atoms with van der Waals surface area (Å²) < 4.78 is 5.72. The largest absolute Gasteiger partial charge is 0.440 e. The summed E-state index contributed by atoms with van der Waals surface area (Å²) in [6.07, 6.45) is 2.30. The van der Waals surface area contributed by atoms with Gasteiger partial charge in [-0.1, -0.05) is 0 Å². The van der Waals surface area contributed by atoms with Crippen LogP contribution in [0.25, 0.3) is 11.1 Å². The molecule has 1 aliphatic heterocycles. The van der Waals surface area contributed by atoms with Crippen LogP contribution in [0.1, 0.15) is 31.6 Å². The molecule has 2 heterocycles. The summed E-state index contributed by atoms with van der Waals surface area (Å²) in [5.74, 6) is 1.24. The Bertz CT molecular complexity index is 735. The summed E-state index contributed by atoms with van der Waals surface area (Å²) in [6.45, 7) is 1.80. The Labute approximate surface area is 120 Å². The van der Waals surface area contributed by atoms with Crippen LogP contribution < -0.4 is 10.2 Å². The van der Waals surface area contributed by atoms with E-state index in [1.54, 1.807) is 6.92 Å². The number of hydrogen-bond donors (Lipinski definition) is 1. The molecule has 4 rings (SSSR count). The second-order valence-electron chi connectivity index (χ2n) is 5.32. The minimum atomic E-state index is -0.280. The average molecular weight is 287 g/mol. The van der Waals surface area contributed by atoms with Crippen LogP contribution in [0.15, 0.2) is 22.6 Å². The fourth-order valence-corrected chi connectivity index (χ4v) is 2.80. The topological polar surface area (TPSA) is 58.4 Å². The lowest BCUT2D eigenvalue weighted by Crippen LogP contribution is -2.30. The highest BCUT2D eigenvalue weighted by molar-refractivity contribution is 7.80. The second kappa shape index (κ2) is 4.02. The highest BCUT2D eigenvalue weighted by atomic mass is 32.1. The molecule has 0 unspecified atom stereocenters. The molecule has 1 aromatic heterocycles. The summed E-state index contributed by atoms with van der Waals surface area (Å²) in [4.78, 5) is 18.1. The number of thiocarbonyl (C=S) groups is 1. The normalized spacial score (nSPS) is 22.6. The molecule has 1 aromatic carbocycles. The maximum Gasteiger partial charge on any atom is 0.255 e. The fraction of sp³-hybridized carbons (Fsp3) is 0.357. The molecular weight excluding hydrogens is 274 g/mol. The lowest BCUT2D eigenvalue weighted by Gasteiger charge is -2.14. The molecule has 0 spiro atoms. The van der Waals surface area contributed by atoms with Crippen molar-refractivity contribution in [2.75, 3.05) is 4.90 Å². The fourth-order valence-electron chi connectivity index (χ4n) is 2.43. The number of aromatic nitrogens is 1. The lowest BCUT2D eigenvalue weighted by atomic mass is 10.2. The number of nitrogens with one attached hydrogen (secondary N) is 1. The molecule has 1 saturated heterocycles. The van der Waals surface area contributed by atoms with E-state index in [-0.39, 0.29) is 11.9 Å². The van der Waals surface area contributed by atoms with Gasteiger partial charge in [-0.2, -0.15) is 0 Å². The van der Waals surface area contributed by atoms with Gasteiger partial charge in [0.25, 0.3) is 5.91 Å². The number of benzene rings is 1. The van der Waals surface area contributed by atoms with E-state index < -0.39 is 0 Å². The van der Waals surface area contributed by atoms with Gasteiger partial charge in [0, 0.05) is 5.92 Å². The maximum absolute atomic E-state index is 12.1. The molecule has 0 bridgehead atoms. The van der Waals surface area contributed by atoms with E-state index in [1.165, 1.54) is 4.90 Å². The van der Waals surface area contributed by atoms with Crippen molar-refractivity contribution in [1.29, 1.82) is 0 Å². The summed E-state index contributed by atoms with van der Waals surface area (Å²) in [6, 6.07) is 5.27. The van der Waals surface area contributed by atoms with Crippen molar-refractivity contribution in [3.05, 3.63) is 24.1 Å². The zero-order valence-corrected chi connectivity index (χ0v) is 11.7. The molecular formula is C14H13N3O2S. The number of rotatable bonds is 2. The van der Waals surface area contributed by atoms with E-state index >= 15 is 0 Å². The summed E-state index contributed by atoms with van der Waals surface area (Å²) >= 11 is 5.21. The standard InChI is InChI=1S/C14H13N3O2S/c1-7-13(18)17(14(20)15-7)9-4-5-11-10(6-9)16-12(19-11)8-2-3-8/h4-8H,2-3H2,1H3,(H,15,20)/t7-/m0/s1. The van der Waals surface area contributed by atoms with Crippen LogP contribution in [0, 0.1) is 0 Å². The third kappa shape index (κ3) is 1.71. The second-order valence-corrected chi connectivity index (χ2v) is 5.71. The molecule has 1 N–H and O–H groups in total. The number of carbonyl (C=O) groups is 1. The van der Waals surface area contributed by atoms with Gasteiger partial charge in [-0.3, -0.25) is 9.69 Å². The van der Waals surface area contributed by atoms with Gasteiger partial charge < -0.3 is 9.73 Å². The smallest absolute Gasteiger partial charge is 0.255 e. The minimum Gasteiger partial charge on any atom is -0.440 e. The Morgan fingerprint density at radius 1 is 1.45 bits per heavy atom. The van der Waals surface area contributed by atoms with Gasteiger partial charge in [0.2, 0.25) is 0 Å². The molecule has 2 aromatic rings. The van der Waals surface area contributed by atoms with E-state index in [4.69, 9.17) is 16.6 Å². The molecule has 1 atom stereocenters. The molecule has 2 fully saturated rings. The van der Waals surface area contributed by atoms with Crippen LogP contribution in [0.5, 0.6) is 0 Å². The zero-order valence-electron chi connectivity index (χ0n) is 10.9. The van der Waals surface area contributed by atoms with Gasteiger partial charge in [-0.05, 0) is 50.2 Å². The number of fused-ring (bicyclic) bond motifs is 1.